The molecule has 8 nitrogen and oxygen atoms in total. The molecule has 2 aromatic heterocycles. The fraction of sp³-hybridized carbons (Fsp3) is 0.452. The van der Waals surface area contributed by atoms with E-state index >= 15 is 4.39 Å². The van der Waals surface area contributed by atoms with Crippen molar-refractivity contribution in [2.24, 2.45) is 0 Å². The Hall–Kier alpha value is -3.66. The van der Waals surface area contributed by atoms with E-state index in [2.05, 4.69) is 26.7 Å². The van der Waals surface area contributed by atoms with E-state index in [4.69, 9.17) is 15.2 Å². The van der Waals surface area contributed by atoms with E-state index in [1.54, 1.807) is 12.1 Å². The number of nitrogens with two attached hydrogens (primary N) is 1. The number of aromatic nitrogens is 2. The third kappa shape index (κ3) is 5.46. The fourth-order valence-corrected chi connectivity index (χ4v) is 7.35. The molecule has 0 spiro atoms. The monoisotopic (exact) mass is 610 g/mol. The van der Waals surface area contributed by atoms with E-state index in [9.17, 15) is 14.0 Å². The van der Waals surface area contributed by atoms with Crippen LogP contribution in [-0.4, -0.2) is 73.1 Å². The summed E-state index contributed by atoms with van der Waals surface area (Å²) in [5, 5.41) is 10.6. The predicted octanol–water partition coefficient (Wildman–Crippen LogP) is 6.06. The first-order valence-electron chi connectivity index (χ1n) is 14.5. The molecule has 0 saturated carbocycles. The lowest BCUT2D eigenvalue weighted by atomic mass is 9.97. The largest absolute Gasteiger partial charge is 0.467 e. The summed E-state index contributed by atoms with van der Waals surface area (Å²) in [5.74, 6) is -0.561. The number of anilines is 2. The Bertz CT molecular complexity index is 1700. The Kier molecular flexibility index (Phi) is 8.31. The number of ether oxygens (including phenoxy) is 2. The second-order valence-corrected chi connectivity index (χ2v) is 12.2. The van der Waals surface area contributed by atoms with Gasteiger partial charge in [0.1, 0.15) is 34.4 Å². The molecule has 2 unspecified atom stereocenters. The summed E-state index contributed by atoms with van der Waals surface area (Å²) in [6.45, 7) is 5.69. The summed E-state index contributed by atoms with van der Waals surface area (Å²) in [6.07, 6.45) is 3.62. The lowest BCUT2D eigenvalue weighted by Gasteiger charge is -2.28. The van der Waals surface area contributed by atoms with Gasteiger partial charge in [0.15, 0.2) is 5.82 Å². The molecule has 43 heavy (non-hydrogen) atoms. The second kappa shape index (κ2) is 12.1. The molecule has 0 aliphatic carbocycles. The van der Waals surface area contributed by atoms with Gasteiger partial charge < -0.3 is 20.1 Å². The maximum atomic E-state index is 16.1. The summed E-state index contributed by atoms with van der Waals surface area (Å²) in [6, 6.07) is 8.87. The Balaban J connectivity index is 0.000000310. The van der Waals surface area contributed by atoms with Crippen molar-refractivity contribution < 1.29 is 22.6 Å². The smallest absolute Gasteiger partial charge is 0.318 e. The van der Waals surface area contributed by atoms with E-state index in [1.165, 1.54) is 32.1 Å². The van der Waals surface area contributed by atoms with E-state index < -0.39 is 17.8 Å². The first-order valence-corrected chi connectivity index (χ1v) is 15.3. The number of halogens is 3. The minimum Gasteiger partial charge on any atom is -0.467 e. The van der Waals surface area contributed by atoms with Gasteiger partial charge in [-0.1, -0.05) is 12.1 Å². The highest BCUT2D eigenvalue weighted by molar-refractivity contribution is 7.23. The van der Waals surface area contributed by atoms with Gasteiger partial charge in [-0.3, -0.25) is 4.90 Å². The summed E-state index contributed by atoms with van der Waals surface area (Å²) in [5.41, 5.74) is 6.73. The van der Waals surface area contributed by atoms with Crippen LogP contribution in [0.1, 0.15) is 38.2 Å². The molecule has 7 rings (SSSR count). The molecule has 0 amide bonds. The average molecular weight is 611 g/mol. The number of hydrogen-bond donors (Lipinski definition) is 1. The number of alkyl halides is 1. The lowest BCUT2D eigenvalue weighted by molar-refractivity contribution is 0.150. The molecule has 3 aliphatic rings. The van der Waals surface area contributed by atoms with Crippen LogP contribution in [0.25, 0.3) is 32.1 Å². The molecule has 2 aromatic carbocycles. The number of nitriles is 1. The van der Waals surface area contributed by atoms with Gasteiger partial charge >= 0.3 is 6.01 Å². The molecule has 3 atom stereocenters. The standard InChI is InChI=1S/C24H21F2N5O2S.C7H12FN/c1-12-7-9-33-10-8-31(12)23-15-4-3-14(19(26)20(15)29-24(30-23)32-2)13-5-6-17(25)21-18(13)16(11-27)22(28)34-21;8-6-4-7-2-1-3-9(7)5-6/h3-6,12H,7-10,28H2,1-2H3;6-7H,1-5H2/t12-;/m0./s1. The number of nitrogens with zero attached hydrogens (tertiary/aromatic N) is 5. The van der Waals surface area contributed by atoms with E-state index in [-0.39, 0.29) is 38.4 Å². The van der Waals surface area contributed by atoms with Gasteiger partial charge in [0, 0.05) is 48.1 Å². The quantitative estimate of drug-likeness (QED) is 0.299. The van der Waals surface area contributed by atoms with Gasteiger partial charge in [0.05, 0.1) is 24.0 Å². The minimum absolute atomic E-state index is 0.0395. The van der Waals surface area contributed by atoms with E-state index in [1.807, 2.05) is 6.07 Å². The zero-order valence-electron chi connectivity index (χ0n) is 24.1. The van der Waals surface area contributed by atoms with Crippen molar-refractivity contribution in [3.05, 3.63) is 41.5 Å². The van der Waals surface area contributed by atoms with Crippen molar-refractivity contribution >= 4 is 43.1 Å². The van der Waals surface area contributed by atoms with Crippen molar-refractivity contribution in [3.63, 3.8) is 0 Å². The normalized spacial score (nSPS) is 22.2. The zero-order valence-corrected chi connectivity index (χ0v) is 24.9. The predicted molar refractivity (Wildman–Crippen MR) is 162 cm³/mol. The Labute approximate surface area is 251 Å². The summed E-state index contributed by atoms with van der Waals surface area (Å²) < 4.78 is 54.3. The molecule has 0 bridgehead atoms. The maximum absolute atomic E-state index is 16.1. The van der Waals surface area contributed by atoms with Crippen LogP contribution in [-0.2, 0) is 4.74 Å². The third-order valence-electron chi connectivity index (χ3n) is 8.59. The highest BCUT2D eigenvalue weighted by atomic mass is 32.1. The van der Waals surface area contributed by atoms with Crippen LogP contribution in [0.3, 0.4) is 0 Å². The zero-order chi connectivity index (χ0) is 30.2. The summed E-state index contributed by atoms with van der Waals surface area (Å²) in [7, 11) is 1.43. The Morgan fingerprint density at radius 1 is 1.12 bits per heavy atom. The molecule has 12 heteroatoms. The van der Waals surface area contributed by atoms with Gasteiger partial charge in [-0.2, -0.15) is 15.2 Å². The van der Waals surface area contributed by atoms with Gasteiger partial charge in [0.25, 0.3) is 0 Å². The number of methoxy groups -OCH3 is 1. The SMILES string of the molecule is COc1nc(N2CCOCC[C@@H]2C)c2ccc(-c3ccc(F)c4sc(N)c(C#N)c34)c(F)c2n1.FC1CC2CCCN2C1. The maximum Gasteiger partial charge on any atom is 0.318 e. The topological polar surface area (TPSA) is 101 Å². The van der Waals surface area contributed by atoms with Crippen LogP contribution in [0.2, 0.25) is 0 Å². The Morgan fingerprint density at radius 2 is 1.93 bits per heavy atom. The first kappa shape index (κ1) is 29.4. The third-order valence-corrected chi connectivity index (χ3v) is 9.62. The molecule has 226 valence electrons. The second-order valence-electron chi connectivity index (χ2n) is 11.2. The number of fused-ring (bicyclic) bond motifs is 3. The van der Waals surface area contributed by atoms with Crippen LogP contribution in [0, 0.1) is 23.0 Å². The number of benzene rings is 2. The molecule has 0 radical (unpaired) electrons. The first-order chi connectivity index (χ1) is 20.8. The fourth-order valence-electron chi connectivity index (χ4n) is 6.41. The number of thiophene rings is 1. The molecule has 3 fully saturated rings. The van der Waals surface area contributed by atoms with Crippen LogP contribution < -0.4 is 15.4 Å². The molecular weight excluding hydrogens is 577 g/mol. The van der Waals surface area contributed by atoms with Gasteiger partial charge in [-0.05, 0) is 56.8 Å². The van der Waals surface area contributed by atoms with Gasteiger partial charge in [-0.25, -0.2) is 13.2 Å². The van der Waals surface area contributed by atoms with Crippen LogP contribution in [0.15, 0.2) is 24.3 Å². The summed E-state index contributed by atoms with van der Waals surface area (Å²) >= 11 is 0.971. The lowest BCUT2D eigenvalue weighted by Crippen LogP contribution is -2.34. The molecule has 5 heterocycles. The van der Waals surface area contributed by atoms with Crippen molar-refractivity contribution in [3.8, 4) is 23.2 Å². The molecule has 3 aliphatic heterocycles. The van der Waals surface area contributed by atoms with E-state index in [0.717, 1.165) is 30.7 Å². The minimum atomic E-state index is -0.611. The highest BCUT2D eigenvalue weighted by Crippen LogP contribution is 2.43. The van der Waals surface area contributed by atoms with Crippen LogP contribution in [0.4, 0.5) is 24.0 Å². The van der Waals surface area contributed by atoms with Crippen molar-refractivity contribution in [2.45, 2.75) is 50.9 Å². The van der Waals surface area contributed by atoms with E-state index in [0.29, 0.717) is 54.5 Å². The highest BCUT2D eigenvalue weighted by Gasteiger charge is 2.34. The van der Waals surface area contributed by atoms with Crippen molar-refractivity contribution in [1.82, 2.24) is 14.9 Å². The van der Waals surface area contributed by atoms with Crippen molar-refractivity contribution in [2.75, 3.05) is 50.6 Å². The van der Waals surface area contributed by atoms with Gasteiger partial charge in [-0.15, -0.1) is 11.3 Å². The van der Waals surface area contributed by atoms with Crippen LogP contribution in [0.5, 0.6) is 6.01 Å². The molecular formula is C31H33F3N6O2S. The number of rotatable bonds is 3. The molecule has 2 N–H and O–H groups in total. The van der Waals surface area contributed by atoms with Gasteiger partial charge in [0.2, 0.25) is 0 Å². The van der Waals surface area contributed by atoms with Crippen molar-refractivity contribution in [1.29, 1.82) is 5.26 Å². The Morgan fingerprint density at radius 3 is 2.70 bits per heavy atom. The molecule has 3 saturated heterocycles. The summed E-state index contributed by atoms with van der Waals surface area (Å²) in [4.78, 5) is 13.2. The average Bonchev–Trinajstić information content (AvgIpc) is 3.63. The molecule has 4 aromatic rings. The number of hydrogen-bond acceptors (Lipinski definition) is 9. The van der Waals surface area contributed by atoms with Crippen LogP contribution >= 0.6 is 11.3 Å². The number of nitrogen functional groups attached to an aromatic ring is 1.